The highest BCUT2D eigenvalue weighted by Crippen LogP contribution is 2.21. The summed E-state index contributed by atoms with van der Waals surface area (Å²) < 4.78 is 5.84. The van der Waals surface area contributed by atoms with Gasteiger partial charge in [-0.3, -0.25) is 4.79 Å². The van der Waals surface area contributed by atoms with Crippen molar-refractivity contribution in [3.05, 3.63) is 58.7 Å². The average molecular weight is 342 g/mol. The fourth-order valence-electron chi connectivity index (χ4n) is 2.71. The maximum absolute atomic E-state index is 12.5. The highest BCUT2D eigenvalue weighted by atomic mass is 35.5. The van der Waals surface area contributed by atoms with E-state index in [1.54, 1.807) is 47.5 Å². The SMILES string of the molecule is N#Cc1cccnc1OC1CCN(C(=O)c2cccc(Cl)c2)CC1. The zero-order chi connectivity index (χ0) is 16.9. The Morgan fingerprint density at radius 1 is 1.29 bits per heavy atom. The number of pyridine rings is 1. The Balaban J connectivity index is 1.60. The Morgan fingerprint density at radius 2 is 2.08 bits per heavy atom. The molecule has 1 aliphatic rings. The minimum absolute atomic E-state index is 0.0218. The van der Waals surface area contributed by atoms with Crippen LogP contribution < -0.4 is 4.74 Å². The predicted molar refractivity (Wildman–Crippen MR) is 90.0 cm³/mol. The highest BCUT2D eigenvalue weighted by molar-refractivity contribution is 6.30. The van der Waals surface area contributed by atoms with E-state index >= 15 is 0 Å². The molecule has 1 aromatic carbocycles. The molecule has 1 saturated heterocycles. The topological polar surface area (TPSA) is 66.2 Å². The van der Waals surface area contributed by atoms with Crippen molar-refractivity contribution in [2.24, 2.45) is 0 Å². The molecule has 24 heavy (non-hydrogen) atoms. The average Bonchev–Trinajstić information content (AvgIpc) is 2.62. The molecule has 0 atom stereocenters. The van der Waals surface area contributed by atoms with Gasteiger partial charge in [-0.2, -0.15) is 5.26 Å². The number of hydrogen-bond donors (Lipinski definition) is 0. The van der Waals surface area contributed by atoms with Crippen LogP contribution in [0.25, 0.3) is 0 Å². The van der Waals surface area contributed by atoms with Gasteiger partial charge in [0.25, 0.3) is 5.91 Å². The second-order valence-corrected chi connectivity index (χ2v) is 6.02. The number of piperidine rings is 1. The van der Waals surface area contributed by atoms with E-state index in [9.17, 15) is 4.79 Å². The number of carbonyl (C=O) groups is 1. The van der Waals surface area contributed by atoms with Crippen LogP contribution in [0.15, 0.2) is 42.6 Å². The zero-order valence-electron chi connectivity index (χ0n) is 13.0. The first-order valence-electron chi connectivity index (χ1n) is 7.74. The van der Waals surface area contributed by atoms with Gasteiger partial charge in [0, 0.05) is 42.7 Å². The van der Waals surface area contributed by atoms with Crippen LogP contribution in [0.1, 0.15) is 28.8 Å². The second-order valence-electron chi connectivity index (χ2n) is 5.59. The molecule has 5 nitrogen and oxygen atoms in total. The van der Waals surface area contributed by atoms with E-state index in [0.29, 0.717) is 48.0 Å². The van der Waals surface area contributed by atoms with Crippen LogP contribution in [-0.4, -0.2) is 35.0 Å². The lowest BCUT2D eigenvalue weighted by molar-refractivity contribution is 0.0587. The summed E-state index contributed by atoms with van der Waals surface area (Å²) in [7, 11) is 0. The molecule has 122 valence electrons. The quantitative estimate of drug-likeness (QED) is 0.859. The minimum atomic E-state index is -0.0459. The molecule has 2 heterocycles. The van der Waals surface area contributed by atoms with Crippen molar-refractivity contribution in [1.29, 1.82) is 5.26 Å². The van der Waals surface area contributed by atoms with Crippen molar-refractivity contribution < 1.29 is 9.53 Å². The van der Waals surface area contributed by atoms with Crippen LogP contribution in [-0.2, 0) is 0 Å². The van der Waals surface area contributed by atoms with Gasteiger partial charge >= 0.3 is 0 Å². The van der Waals surface area contributed by atoms with Crippen LogP contribution in [0.5, 0.6) is 5.88 Å². The Labute approximate surface area is 145 Å². The Morgan fingerprint density at radius 3 is 2.79 bits per heavy atom. The molecule has 0 unspecified atom stereocenters. The predicted octanol–water partition coefficient (Wildman–Crippen LogP) is 3.29. The van der Waals surface area contributed by atoms with Gasteiger partial charge < -0.3 is 9.64 Å². The molecule has 3 rings (SSSR count). The van der Waals surface area contributed by atoms with Crippen LogP contribution in [0.3, 0.4) is 0 Å². The number of benzene rings is 1. The van der Waals surface area contributed by atoms with Crippen molar-refractivity contribution in [3.63, 3.8) is 0 Å². The van der Waals surface area contributed by atoms with Crippen LogP contribution in [0, 0.1) is 11.3 Å². The number of nitrogens with zero attached hydrogens (tertiary/aromatic N) is 3. The Bertz CT molecular complexity index is 780. The number of likely N-dealkylation sites (tertiary alicyclic amines) is 1. The number of rotatable bonds is 3. The molecule has 1 amide bonds. The molecule has 1 aromatic heterocycles. The van der Waals surface area contributed by atoms with Crippen molar-refractivity contribution in [3.8, 4) is 11.9 Å². The first-order valence-corrected chi connectivity index (χ1v) is 8.12. The van der Waals surface area contributed by atoms with Gasteiger partial charge in [-0.05, 0) is 30.3 Å². The van der Waals surface area contributed by atoms with Gasteiger partial charge in [0.15, 0.2) is 0 Å². The van der Waals surface area contributed by atoms with E-state index in [2.05, 4.69) is 11.1 Å². The highest BCUT2D eigenvalue weighted by Gasteiger charge is 2.25. The van der Waals surface area contributed by atoms with E-state index in [-0.39, 0.29) is 12.0 Å². The summed E-state index contributed by atoms with van der Waals surface area (Å²) in [4.78, 5) is 18.4. The fourth-order valence-corrected chi connectivity index (χ4v) is 2.90. The van der Waals surface area contributed by atoms with Crippen molar-refractivity contribution in [2.45, 2.75) is 18.9 Å². The number of amides is 1. The second kappa shape index (κ2) is 7.33. The van der Waals surface area contributed by atoms with E-state index in [1.807, 2.05) is 0 Å². The molecule has 0 spiro atoms. The third-order valence-corrected chi connectivity index (χ3v) is 4.21. The van der Waals surface area contributed by atoms with E-state index < -0.39 is 0 Å². The zero-order valence-corrected chi connectivity index (χ0v) is 13.7. The lowest BCUT2D eigenvalue weighted by Crippen LogP contribution is -2.41. The molecular weight excluding hydrogens is 326 g/mol. The monoisotopic (exact) mass is 341 g/mol. The van der Waals surface area contributed by atoms with Crippen LogP contribution in [0.4, 0.5) is 0 Å². The molecule has 0 bridgehead atoms. The van der Waals surface area contributed by atoms with Crippen LogP contribution >= 0.6 is 11.6 Å². The maximum Gasteiger partial charge on any atom is 0.253 e. The lowest BCUT2D eigenvalue weighted by atomic mass is 10.1. The van der Waals surface area contributed by atoms with Gasteiger partial charge in [-0.25, -0.2) is 4.98 Å². The van der Waals surface area contributed by atoms with E-state index in [4.69, 9.17) is 21.6 Å². The summed E-state index contributed by atoms with van der Waals surface area (Å²) >= 11 is 5.95. The number of hydrogen-bond acceptors (Lipinski definition) is 4. The summed E-state index contributed by atoms with van der Waals surface area (Å²) in [6.45, 7) is 1.20. The van der Waals surface area contributed by atoms with Crippen molar-refractivity contribution in [2.75, 3.05) is 13.1 Å². The molecule has 1 aliphatic heterocycles. The molecular formula is C18H16ClN3O2. The number of ether oxygens (including phenoxy) is 1. The summed E-state index contributed by atoms with van der Waals surface area (Å²) in [5.74, 6) is 0.339. The van der Waals surface area contributed by atoms with Crippen LogP contribution in [0.2, 0.25) is 5.02 Å². The molecule has 0 N–H and O–H groups in total. The molecule has 0 saturated carbocycles. The molecule has 2 aromatic rings. The van der Waals surface area contributed by atoms with Gasteiger partial charge in [0.05, 0.1) is 0 Å². The normalized spacial score (nSPS) is 14.9. The number of carbonyl (C=O) groups excluding carboxylic acids is 1. The standard InChI is InChI=1S/C18H16ClN3O2/c19-15-5-1-3-13(11-15)18(23)22-9-6-16(7-10-22)24-17-14(12-20)4-2-8-21-17/h1-5,8,11,16H,6-7,9-10H2. The largest absolute Gasteiger partial charge is 0.473 e. The lowest BCUT2D eigenvalue weighted by Gasteiger charge is -2.32. The molecule has 6 heteroatoms. The first-order chi connectivity index (χ1) is 11.7. The van der Waals surface area contributed by atoms with Gasteiger partial charge in [-0.15, -0.1) is 0 Å². The molecule has 1 fully saturated rings. The van der Waals surface area contributed by atoms with Gasteiger partial charge in [-0.1, -0.05) is 17.7 Å². The molecule has 0 radical (unpaired) electrons. The summed E-state index contributed by atoms with van der Waals surface area (Å²) in [5, 5.41) is 9.63. The van der Waals surface area contributed by atoms with Gasteiger partial charge in [0.2, 0.25) is 5.88 Å². The third kappa shape index (κ3) is 3.66. The number of halogens is 1. The summed E-state index contributed by atoms with van der Waals surface area (Å²) in [6.07, 6.45) is 2.96. The first kappa shape index (κ1) is 16.3. The summed E-state index contributed by atoms with van der Waals surface area (Å²) in [6, 6.07) is 12.4. The van der Waals surface area contributed by atoms with Crippen molar-refractivity contribution >= 4 is 17.5 Å². The minimum Gasteiger partial charge on any atom is -0.473 e. The van der Waals surface area contributed by atoms with E-state index in [1.165, 1.54) is 0 Å². The molecule has 0 aliphatic carbocycles. The fraction of sp³-hybridized carbons (Fsp3) is 0.278. The summed E-state index contributed by atoms with van der Waals surface area (Å²) in [5.41, 5.74) is 1.02. The van der Waals surface area contributed by atoms with Crippen molar-refractivity contribution in [1.82, 2.24) is 9.88 Å². The number of nitriles is 1. The smallest absolute Gasteiger partial charge is 0.253 e. The third-order valence-electron chi connectivity index (χ3n) is 3.97. The maximum atomic E-state index is 12.5. The Hall–Kier alpha value is -2.58. The Kier molecular flexibility index (Phi) is 4.97. The number of aromatic nitrogens is 1. The van der Waals surface area contributed by atoms with E-state index in [0.717, 1.165) is 0 Å². The van der Waals surface area contributed by atoms with Gasteiger partial charge in [0.1, 0.15) is 17.7 Å².